The molecule has 0 saturated heterocycles. The molecule has 0 fully saturated rings. The van der Waals surface area contributed by atoms with Gasteiger partial charge in [-0.05, 0) is 11.4 Å². The summed E-state index contributed by atoms with van der Waals surface area (Å²) in [5.41, 5.74) is 0. The van der Waals surface area contributed by atoms with E-state index in [9.17, 15) is 0 Å². The molecule has 28 valence electrons. The Morgan fingerprint density at radius 1 is 2.00 bits per heavy atom. The van der Waals surface area contributed by atoms with E-state index in [0.717, 1.165) is 4.48 Å². The Kier molecular flexibility index (Phi) is 9.34. The van der Waals surface area contributed by atoms with Crippen molar-refractivity contribution in [2.75, 3.05) is 0 Å². The Labute approximate surface area is 59.9 Å². The second kappa shape index (κ2) is 4.99. The molecule has 2 heteroatoms. The fourth-order valence-corrected chi connectivity index (χ4v) is 0. The second-order valence-corrected chi connectivity index (χ2v) is 2.03. The molecule has 0 amide bonds. The van der Waals surface area contributed by atoms with Crippen molar-refractivity contribution in [1.82, 2.24) is 0 Å². The first kappa shape index (κ1) is 9.37. The molecule has 0 unspecified atom stereocenters. The third-order valence-electron chi connectivity index (χ3n) is 0. The summed E-state index contributed by atoms with van der Waals surface area (Å²) >= 11 is 3.08. The predicted octanol–water partition coefficient (Wildman–Crippen LogP) is 1.76. The van der Waals surface area contributed by atoms with Crippen LogP contribution in [0.4, 0.5) is 0 Å². The summed E-state index contributed by atoms with van der Waals surface area (Å²) in [6.07, 6.45) is 0. The van der Waals surface area contributed by atoms with Gasteiger partial charge < -0.3 is 2.85 Å². The molecule has 0 aliphatic carbocycles. The monoisotopic (exact) mass is 146 g/mol. The molecule has 0 heterocycles. The van der Waals surface area contributed by atoms with Crippen LogP contribution in [0.25, 0.3) is 0 Å². The third kappa shape index (κ3) is 45.7. The maximum absolute atomic E-state index is 3.47. The van der Waals surface area contributed by atoms with Crippen molar-refractivity contribution in [2.45, 2.75) is 6.92 Å². The molecule has 0 atom stereocenters. The van der Waals surface area contributed by atoms with Crippen LogP contribution in [-0.2, 0) is 0 Å². The molecule has 0 aromatic rings. The van der Waals surface area contributed by atoms with Crippen LogP contribution in [0.2, 0.25) is 0 Å². The fraction of sp³-hybridized carbons (Fsp3) is 0.333. The molecule has 0 N–H and O–H groups in total. The van der Waals surface area contributed by atoms with Gasteiger partial charge in [0.05, 0.1) is 0 Å². The van der Waals surface area contributed by atoms with Crippen molar-refractivity contribution in [3.63, 3.8) is 0 Å². The average molecular weight is 147 g/mol. The van der Waals surface area contributed by atoms with E-state index in [1.54, 1.807) is 0 Å². The number of hydrogen-bond donors (Lipinski definition) is 0. The molecule has 0 aliphatic rings. The van der Waals surface area contributed by atoms with Gasteiger partial charge in [0.1, 0.15) is 0 Å². The first-order valence-electron chi connectivity index (χ1n) is 1.04. The molecule has 0 spiro atoms. The predicted molar refractivity (Wildman–Crippen MR) is 31.7 cm³/mol. The van der Waals surface area contributed by atoms with Crippen molar-refractivity contribution in [2.24, 2.45) is 0 Å². The van der Waals surface area contributed by atoms with Gasteiger partial charge in [-0.2, -0.15) is 0 Å². The van der Waals surface area contributed by atoms with Crippen molar-refractivity contribution < 1.29 is 2.85 Å². The number of halogens is 1. The zero-order valence-electron chi connectivity index (χ0n) is 5.29. The first-order valence-corrected chi connectivity index (χ1v) is 1.84. The van der Waals surface area contributed by atoms with Crippen LogP contribution in [0.3, 0.4) is 0 Å². The van der Waals surface area contributed by atoms with Crippen LogP contribution in [0.15, 0.2) is 11.1 Å². The van der Waals surface area contributed by atoms with Crippen LogP contribution < -0.4 is 0 Å². The minimum Gasteiger partial charge on any atom is -1.00 e. The Morgan fingerprint density at radius 3 is 2.00 bits per heavy atom. The summed E-state index contributed by atoms with van der Waals surface area (Å²) in [5, 5.41) is 0. The Morgan fingerprint density at radius 2 is 2.00 bits per heavy atom. The summed E-state index contributed by atoms with van der Waals surface area (Å²) in [7, 11) is 0. The largest absolute Gasteiger partial charge is 2.00 e. The van der Waals surface area contributed by atoms with E-state index in [1.807, 2.05) is 6.92 Å². The molecule has 0 nitrogen and oxygen atoms in total. The van der Waals surface area contributed by atoms with Crippen molar-refractivity contribution >= 4 is 39.0 Å². The van der Waals surface area contributed by atoms with E-state index in [-0.39, 0.29) is 25.9 Å². The van der Waals surface area contributed by atoms with Crippen LogP contribution in [0, 0.1) is 0 Å². The van der Waals surface area contributed by atoms with E-state index in [1.165, 1.54) is 0 Å². The number of rotatable bonds is 0. The molecule has 0 saturated carbocycles. The number of hydrogen-bond acceptors (Lipinski definition) is 0. The molecule has 0 aliphatic heterocycles. The Bertz CT molecular complexity index is 35.9. The zero-order valence-corrected chi connectivity index (χ0v) is 6.29. The maximum Gasteiger partial charge on any atom is 2.00 e. The van der Waals surface area contributed by atoms with Crippen LogP contribution >= 0.6 is 15.9 Å². The van der Waals surface area contributed by atoms with E-state index >= 15 is 0 Å². The minimum atomic E-state index is 0. The maximum atomic E-state index is 3.47. The third-order valence-corrected chi connectivity index (χ3v) is 0. The molecule has 0 rings (SSSR count). The van der Waals surface area contributed by atoms with Crippen molar-refractivity contribution in [3.05, 3.63) is 11.1 Å². The van der Waals surface area contributed by atoms with Crippen LogP contribution in [0.5, 0.6) is 0 Å². The summed E-state index contributed by atoms with van der Waals surface area (Å²) < 4.78 is 0.979. The van der Waals surface area contributed by atoms with Gasteiger partial charge in [-0.1, -0.05) is 22.5 Å². The van der Waals surface area contributed by atoms with Gasteiger partial charge in [0.15, 0.2) is 0 Å². The topological polar surface area (TPSA) is 0 Å². The summed E-state index contributed by atoms with van der Waals surface area (Å²) in [6, 6.07) is 0. The van der Waals surface area contributed by atoms with Gasteiger partial charge in [-0.15, -0.1) is 0 Å². The number of allylic oxidation sites excluding steroid dienone is 1. The fourth-order valence-electron chi connectivity index (χ4n) is 0. The standard InChI is InChI=1S/C3H5Br.Mg.2H/c1-3(2)4;;;/h1H2,2H3;;;/q;+2;2*-1. The smallest absolute Gasteiger partial charge is 1.00 e. The molecule has 0 radical (unpaired) electrons. The van der Waals surface area contributed by atoms with Crippen molar-refractivity contribution in [1.29, 1.82) is 0 Å². The molecular weight excluding hydrogens is 140 g/mol. The molecule has 0 bridgehead atoms. The van der Waals surface area contributed by atoms with Gasteiger partial charge in [-0.25, -0.2) is 0 Å². The van der Waals surface area contributed by atoms with Gasteiger partial charge >= 0.3 is 23.1 Å². The quantitative estimate of drug-likeness (QED) is 0.458. The normalized spacial score (nSPS) is 5.20. The van der Waals surface area contributed by atoms with E-state index in [4.69, 9.17) is 0 Å². The zero-order chi connectivity index (χ0) is 3.58. The summed E-state index contributed by atoms with van der Waals surface area (Å²) in [5.74, 6) is 0. The minimum absolute atomic E-state index is 0. The summed E-state index contributed by atoms with van der Waals surface area (Å²) in [6.45, 7) is 5.36. The van der Waals surface area contributed by atoms with E-state index in [0.29, 0.717) is 0 Å². The Hall–Kier alpha value is 0.986. The molecular formula is C3H7BrMg. The van der Waals surface area contributed by atoms with Crippen molar-refractivity contribution in [3.8, 4) is 0 Å². The van der Waals surface area contributed by atoms with Crippen LogP contribution in [-0.4, -0.2) is 23.1 Å². The average Bonchev–Trinajstić information content (AvgIpc) is 0.811. The van der Waals surface area contributed by atoms with Gasteiger partial charge in [0, 0.05) is 0 Å². The van der Waals surface area contributed by atoms with Gasteiger partial charge in [0.25, 0.3) is 0 Å². The Balaban J connectivity index is -0.0000000150. The van der Waals surface area contributed by atoms with E-state index < -0.39 is 0 Å². The SMILES string of the molecule is C=C(C)Br.[H-].[H-].[Mg+2]. The summed E-state index contributed by atoms with van der Waals surface area (Å²) in [4.78, 5) is 0. The van der Waals surface area contributed by atoms with Gasteiger partial charge in [0.2, 0.25) is 0 Å². The molecule has 0 aromatic heterocycles. The molecule has 0 aromatic carbocycles. The van der Waals surface area contributed by atoms with E-state index in [2.05, 4.69) is 22.5 Å². The van der Waals surface area contributed by atoms with Crippen LogP contribution in [0.1, 0.15) is 9.78 Å². The van der Waals surface area contributed by atoms with Gasteiger partial charge in [-0.3, -0.25) is 0 Å². The first-order chi connectivity index (χ1) is 1.73. The molecule has 5 heavy (non-hydrogen) atoms. The second-order valence-electron chi connectivity index (χ2n) is 0.676.